The highest BCUT2D eigenvalue weighted by Crippen LogP contribution is 2.36. The van der Waals surface area contributed by atoms with Gasteiger partial charge in [0.2, 0.25) is 0 Å². The summed E-state index contributed by atoms with van der Waals surface area (Å²) in [6.07, 6.45) is 5.63. The Hall–Kier alpha value is -0.820. The molecule has 18 heavy (non-hydrogen) atoms. The van der Waals surface area contributed by atoms with Gasteiger partial charge in [0.15, 0.2) is 0 Å². The Kier molecular flexibility index (Phi) is 3.69. The second-order valence-electron chi connectivity index (χ2n) is 5.37. The maximum Gasteiger partial charge on any atom is 0.104 e. The van der Waals surface area contributed by atoms with Crippen LogP contribution in [0, 0.1) is 17.8 Å². The molecule has 96 valence electrons. The fourth-order valence-electron chi connectivity index (χ4n) is 2.29. The Bertz CT molecular complexity index is 462. The first kappa shape index (κ1) is 12.2. The molecule has 0 amide bonds. The molecule has 0 aliphatic heterocycles. The van der Waals surface area contributed by atoms with E-state index in [0.29, 0.717) is 0 Å². The number of aliphatic hydroxyl groups is 1. The van der Waals surface area contributed by atoms with Crippen molar-refractivity contribution in [2.24, 2.45) is 5.92 Å². The van der Waals surface area contributed by atoms with Crippen LogP contribution >= 0.6 is 11.3 Å². The summed E-state index contributed by atoms with van der Waals surface area (Å²) in [5.74, 6) is 6.66. The zero-order valence-electron chi connectivity index (χ0n) is 10.6. The first-order chi connectivity index (χ1) is 8.85. The van der Waals surface area contributed by atoms with Crippen LogP contribution in [-0.2, 0) is 6.54 Å². The molecule has 3 heteroatoms. The predicted molar refractivity (Wildman–Crippen MR) is 74.4 cm³/mol. The van der Waals surface area contributed by atoms with Crippen molar-refractivity contribution in [3.63, 3.8) is 0 Å². The summed E-state index contributed by atoms with van der Waals surface area (Å²) in [6.45, 7) is 2.33. The highest BCUT2D eigenvalue weighted by atomic mass is 32.1. The summed E-state index contributed by atoms with van der Waals surface area (Å²) in [5.41, 5.74) is 1.05. The molecule has 2 aliphatic carbocycles. The van der Waals surface area contributed by atoms with E-state index in [2.05, 4.69) is 28.2 Å². The molecule has 0 radical (unpaired) electrons. The highest BCUT2D eigenvalue weighted by Gasteiger charge is 2.33. The van der Waals surface area contributed by atoms with E-state index in [9.17, 15) is 0 Å². The summed E-state index contributed by atoms with van der Waals surface area (Å²) in [7, 11) is 0. The minimum atomic E-state index is -0.0545. The van der Waals surface area contributed by atoms with Gasteiger partial charge in [-0.2, -0.15) is 0 Å². The van der Waals surface area contributed by atoms with E-state index in [1.54, 1.807) is 11.3 Å². The Balaban J connectivity index is 1.60. The summed E-state index contributed by atoms with van der Waals surface area (Å²) >= 11 is 1.80. The second kappa shape index (κ2) is 5.44. The topological polar surface area (TPSA) is 23.5 Å². The SMILES string of the molecule is OCC#Cc1csc(CN(CC2CC2)C2CC2)c1. The fraction of sp³-hybridized carbons (Fsp3) is 0.600. The van der Waals surface area contributed by atoms with Gasteiger partial charge in [-0.05, 0) is 37.7 Å². The van der Waals surface area contributed by atoms with Crippen molar-refractivity contribution < 1.29 is 5.11 Å². The quantitative estimate of drug-likeness (QED) is 0.823. The third-order valence-corrected chi connectivity index (χ3v) is 4.50. The van der Waals surface area contributed by atoms with Gasteiger partial charge in [-0.1, -0.05) is 11.8 Å². The smallest absolute Gasteiger partial charge is 0.104 e. The Morgan fingerprint density at radius 2 is 2.17 bits per heavy atom. The molecule has 0 atom stereocenters. The molecule has 1 heterocycles. The maximum atomic E-state index is 8.69. The van der Waals surface area contributed by atoms with Crippen LogP contribution in [0.15, 0.2) is 11.4 Å². The van der Waals surface area contributed by atoms with Crippen LogP contribution in [0.3, 0.4) is 0 Å². The molecule has 1 aromatic rings. The van der Waals surface area contributed by atoms with Gasteiger partial charge >= 0.3 is 0 Å². The zero-order valence-corrected chi connectivity index (χ0v) is 11.4. The minimum absolute atomic E-state index is 0.0545. The molecular formula is C15H19NOS. The van der Waals surface area contributed by atoms with Crippen LogP contribution in [0.25, 0.3) is 0 Å². The summed E-state index contributed by atoms with van der Waals surface area (Å²) < 4.78 is 0. The highest BCUT2D eigenvalue weighted by molar-refractivity contribution is 7.10. The van der Waals surface area contributed by atoms with Crippen LogP contribution in [0.1, 0.15) is 36.1 Å². The summed E-state index contributed by atoms with van der Waals surface area (Å²) in [6, 6.07) is 3.02. The molecule has 2 saturated carbocycles. The van der Waals surface area contributed by atoms with Crippen LogP contribution in [0.4, 0.5) is 0 Å². The Morgan fingerprint density at radius 1 is 1.33 bits per heavy atom. The van der Waals surface area contributed by atoms with Gasteiger partial charge in [-0.25, -0.2) is 0 Å². The van der Waals surface area contributed by atoms with Crippen molar-refractivity contribution in [2.75, 3.05) is 13.2 Å². The average molecular weight is 261 g/mol. The molecule has 2 aliphatic rings. The number of rotatable bonds is 5. The number of nitrogens with zero attached hydrogens (tertiary/aromatic N) is 1. The van der Waals surface area contributed by atoms with E-state index in [1.807, 2.05) is 0 Å². The summed E-state index contributed by atoms with van der Waals surface area (Å²) in [5, 5.41) is 10.8. The van der Waals surface area contributed by atoms with Crippen molar-refractivity contribution in [3.8, 4) is 11.8 Å². The lowest BCUT2D eigenvalue weighted by atomic mass is 10.3. The Labute approximate surface area is 113 Å². The zero-order chi connectivity index (χ0) is 12.4. The van der Waals surface area contributed by atoms with Crippen molar-refractivity contribution in [2.45, 2.75) is 38.3 Å². The first-order valence-electron chi connectivity index (χ1n) is 6.76. The van der Waals surface area contributed by atoms with E-state index < -0.39 is 0 Å². The van der Waals surface area contributed by atoms with Crippen LogP contribution in [0.5, 0.6) is 0 Å². The molecule has 2 fully saturated rings. The molecular weight excluding hydrogens is 242 g/mol. The molecule has 0 saturated heterocycles. The largest absolute Gasteiger partial charge is 0.384 e. The van der Waals surface area contributed by atoms with Gasteiger partial charge in [-0.15, -0.1) is 11.3 Å². The molecule has 0 aromatic carbocycles. The number of aliphatic hydroxyl groups excluding tert-OH is 1. The van der Waals surface area contributed by atoms with Gasteiger partial charge < -0.3 is 5.11 Å². The molecule has 0 bridgehead atoms. The van der Waals surface area contributed by atoms with Gasteiger partial charge in [0.25, 0.3) is 0 Å². The van der Waals surface area contributed by atoms with Crippen molar-refractivity contribution in [1.29, 1.82) is 0 Å². The lowest BCUT2D eigenvalue weighted by Gasteiger charge is -2.20. The standard InChI is InChI=1S/C15H19NOS/c17-7-1-2-13-8-15(18-11-13)10-16(14-5-6-14)9-12-3-4-12/h8,11-12,14,17H,3-7,9-10H2. The fourth-order valence-corrected chi connectivity index (χ4v) is 3.13. The normalized spacial score (nSPS) is 18.8. The van der Waals surface area contributed by atoms with E-state index in [0.717, 1.165) is 24.1 Å². The van der Waals surface area contributed by atoms with E-state index >= 15 is 0 Å². The van der Waals surface area contributed by atoms with Gasteiger partial charge in [0.1, 0.15) is 6.61 Å². The molecule has 0 spiro atoms. The van der Waals surface area contributed by atoms with Crippen LogP contribution in [0.2, 0.25) is 0 Å². The maximum absolute atomic E-state index is 8.69. The molecule has 1 aromatic heterocycles. The van der Waals surface area contributed by atoms with Crippen molar-refractivity contribution in [3.05, 3.63) is 21.9 Å². The number of hydrogen-bond donors (Lipinski definition) is 1. The average Bonchev–Trinajstić information content (AvgIpc) is 3.26. The van der Waals surface area contributed by atoms with Gasteiger partial charge in [0, 0.05) is 35.0 Å². The molecule has 1 N–H and O–H groups in total. The lowest BCUT2D eigenvalue weighted by molar-refractivity contribution is 0.246. The third kappa shape index (κ3) is 3.35. The molecule has 0 unspecified atom stereocenters. The van der Waals surface area contributed by atoms with Crippen LogP contribution < -0.4 is 0 Å². The minimum Gasteiger partial charge on any atom is -0.384 e. The predicted octanol–water partition coefficient (Wildman–Crippen LogP) is 2.47. The monoisotopic (exact) mass is 261 g/mol. The van der Waals surface area contributed by atoms with Crippen LogP contribution in [-0.4, -0.2) is 29.2 Å². The van der Waals surface area contributed by atoms with Crippen molar-refractivity contribution >= 4 is 11.3 Å². The lowest BCUT2D eigenvalue weighted by Crippen LogP contribution is -2.27. The Morgan fingerprint density at radius 3 is 2.83 bits per heavy atom. The number of thiophene rings is 1. The molecule has 2 nitrogen and oxygen atoms in total. The third-order valence-electron chi connectivity index (χ3n) is 3.58. The van der Waals surface area contributed by atoms with Gasteiger partial charge in [0.05, 0.1) is 0 Å². The van der Waals surface area contributed by atoms with E-state index in [1.165, 1.54) is 37.1 Å². The van der Waals surface area contributed by atoms with E-state index in [4.69, 9.17) is 5.11 Å². The molecule has 3 rings (SSSR count). The van der Waals surface area contributed by atoms with Crippen molar-refractivity contribution in [1.82, 2.24) is 4.90 Å². The second-order valence-corrected chi connectivity index (χ2v) is 6.36. The van der Waals surface area contributed by atoms with E-state index in [-0.39, 0.29) is 6.61 Å². The van der Waals surface area contributed by atoms with Gasteiger partial charge in [-0.3, -0.25) is 4.90 Å². The first-order valence-corrected chi connectivity index (χ1v) is 7.64. The number of hydrogen-bond acceptors (Lipinski definition) is 3. The summed E-state index contributed by atoms with van der Waals surface area (Å²) in [4.78, 5) is 4.07.